The molecule has 184 valence electrons. The molecule has 10 nitrogen and oxygen atoms in total. The van der Waals surface area contributed by atoms with Crippen molar-refractivity contribution in [1.82, 2.24) is 34.5 Å². The van der Waals surface area contributed by atoms with Gasteiger partial charge in [-0.15, -0.1) is 0 Å². The van der Waals surface area contributed by atoms with Gasteiger partial charge in [0.2, 0.25) is 5.95 Å². The number of aryl methyl sites for hydroxylation is 2. The van der Waals surface area contributed by atoms with Gasteiger partial charge >= 0.3 is 0 Å². The van der Waals surface area contributed by atoms with Crippen LogP contribution in [0.2, 0.25) is 0 Å². The molecule has 4 aromatic heterocycles. The number of benzene rings is 1. The molecule has 5 aromatic rings. The van der Waals surface area contributed by atoms with Gasteiger partial charge in [0, 0.05) is 44.9 Å². The van der Waals surface area contributed by atoms with Gasteiger partial charge in [0.15, 0.2) is 5.65 Å². The molecule has 0 amide bonds. The maximum absolute atomic E-state index is 5.89. The van der Waals surface area contributed by atoms with Crippen LogP contribution in [0, 0.1) is 13.8 Å². The molecule has 1 aromatic carbocycles. The van der Waals surface area contributed by atoms with E-state index in [2.05, 4.69) is 44.6 Å². The Morgan fingerprint density at radius 1 is 0.972 bits per heavy atom. The number of rotatable bonds is 8. The van der Waals surface area contributed by atoms with Gasteiger partial charge in [-0.3, -0.25) is 9.36 Å². The van der Waals surface area contributed by atoms with Crippen LogP contribution in [0.5, 0.6) is 0 Å². The number of nitrogens with zero attached hydrogens (tertiary/aromatic N) is 8. The number of nitrogens with two attached hydrogens (primary N) is 1. The first-order valence-corrected chi connectivity index (χ1v) is 11.8. The third-order valence-corrected chi connectivity index (χ3v) is 6.09. The summed E-state index contributed by atoms with van der Waals surface area (Å²) in [5.41, 5.74) is 12.0. The summed E-state index contributed by atoms with van der Waals surface area (Å²) < 4.78 is 3.82. The Kier molecular flexibility index (Phi) is 6.24. The Morgan fingerprint density at radius 3 is 2.33 bits per heavy atom. The predicted molar refractivity (Wildman–Crippen MR) is 142 cm³/mol. The Bertz CT molecular complexity index is 1460. The summed E-state index contributed by atoms with van der Waals surface area (Å²) in [6.45, 7) is 5.97. The lowest BCUT2D eigenvalue weighted by Crippen LogP contribution is -2.14. The van der Waals surface area contributed by atoms with Crippen LogP contribution in [0.15, 0.2) is 55.0 Å². The third kappa shape index (κ3) is 4.97. The highest BCUT2D eigenvalue weighted by Crippen LogP contribution is 2.24. The monoisotopic (exact) mass is 482 g/mol. The summed E-state index contributed by atoms with van der Waals surface area (Å²) in [5.74, 6) is 1.87. The van der Waals surface area contributed by atoms with Crippen LogP contribution in [0.3, 0.4) is 0 Å². The van der Waals surface area contributed by atoms with E-state index in [1.807, 2.05) is 66.7 Å². The third-order valence-electron chi connectivity index (χ3n) is 6.09. The van der Waals surface area contributed by atoms with Crippen molar-refractivity contribution in [3.8, 4) is 0 Å². The van der Waals surface area contributed by atoms with E-state index in [9.17, 15) is 0 Å². The summed E-state index contributed by atoms with van der Waals surface area (Å²) in [7, 11) is 3.84. The van der Waals surface area contributed by atoms with Gasteiger partial charge in [0.25, 0.3) is 0 Å². The number of nitrogen functional groups attached to an aromatic ring is 1. The van der Waals surface area contributed by atoms with E-state index >= 15 is 0 Å². The molecule has 36 heavy (non-hydrogen) atoms. The van der Waals surface area contributed by atoms with Crippen molar-refractivity contribution >= 4 is 28.6 Å². The molecule has 4 heterocycles. The second-order valence-corrected chi connectivity index (χ2v) is 9.13. The molecule has 0 saturated carbocycles. The van der Waals surface area contributed by atoms with Crippen LogP contribution in [-0.2, 0) is 19.6 Å². The van der Waals surface area contributed by atoms with E-state index in [0.29, 0.717) is 30.5 Å². The molecule has 0 fully saturated rings. The largest absolute Gasteiger partial charge is 0.384 e. The van der Waals surface area contributed by atoms with Gasteiger partial charge < -0.3 is 16.0 Å². The summed E-state index contributed by atoms with van der Waals surface area (Å²) in [4.78, 5) is 15.7. The molecule has 0 aliphatic rings. The lowest BCUT2D eigenvalue weighted by Gasteiger charge is -2.14. The van der Waals surface area contributed by atoms with E-state index in [-0.39, 0.29) is 0 Å². The van der Waals surface area contributed by atoms with Crippen molar-refractivity contribution in [2.24, 2.45) is 0 Å². The highest BCUT2D eigenvalue weighted by Gasteiger charge is 2.15. The fraction of sp³-hybridized carbons (Fsp3) is 0.269. The first kappa shape index (κ1) is 23.3. The van der Waals surface area contributed by atoms with E-state index in [0.717, 1.165) is 40.1 Å². The summed E-state index contributed by atoms with van der Waals surface area (Å²) in [5, 5.41) is 13.4. The standard InChI is InChI=1S/C26H30N10/c1-17-12-23(27)30-18(2)21(17)13-28-24-22-16-36(33-25(22)32-26(31-24)34(3)4)15-20-8-6-19(7-9-20)14-35-11-5-10-29-35/h5-12,16H,13-15H2,1-4H3,(H2,27,30)(H,28,31,32,33). The highest BCUT2D eigenvalue weighted by atomic mass is 15.3. The Labute approximate surface area is 209 Å². The molecular formula is C26H30N10. The quantitative estimate of drug-likeness (QED) is 0.346. The topological polar surface area (TPSA) is 116 Å². The summed E-state index contributed by atoms with van der Waals surface area (Å²) >= 11 is 0. The molecule has 0 unspecified atom stereocenters. The van der Waals surface area contributed by atoms with Crippen molar-refractivity contribution in [3.63, 3.8) is 0 Å². The second-order valence-electron chi connectivity index (χ2n) is 9.13. The predicted octanol–water partition coefficient (Wildman–Crippen LogP) is 3.39. The minimum absolute atomic E-state index is 0.531. The van der Waals surface area contributed by atoms with Gasteiger partial charge in [-0.2, -0.15) is 20.2 Å². The van der Waals surface area contributed by atoms with Crippen molar-refractivity contribution in [2.45, 2.75) is 33.5 Å². The number of hydrogen-bond donors (Lipinski definition) is 2. The average Bonchev–Trinajstić information content (AvgIpc) is 3.49. The van der Waals surface area contributed by atoms with Crippen molar-refractivity contribution in [2.75, 3.05) is 30.0 Å². The molecular weight excluding hydrogens is 452 g/mol. The zero-order valence-corrected chi connectivity index (χ0v) is 21.0. The number of fused-ring (bicyclic) bond motifs is 1. The minimum atomic E-state index is 0.531. The van der Waals surface area contributed by atoms with E-state index in [1.165, 1.54) is 5.56 Å². The summed E-state index contributed by atoms with van der Waals surface area (Å²) in [6, 6.07) is 12.3. The normalized spacial score (nSPS) is 11.2. The van der Waals surface area contributed by atoms with Gasteiger partial charge in [-0.25, -0.2) is 4.98 Å². The van der Waals surface area contributed by atoms with Crippen LogP contribution in [0.1, 0.15) is 27.9 Å². The van der Waals surface area contributed by atoms with E-state index in [4.69, 9.17) is 15.8 Å². The number of hydrogen-bond acceptors (Lipinski definition) is 8. The Morgan fingerprint density at radius 2 is 1.69 bits per heavy atom. The van der Waals surface area contributed by atoms with Crippen LogP contribution < -0.4 is 16.0 Å². The van der Waals surface area contributed by atoms with Crippen molar-refractivity contribution in [1.29, 1.82) is 0 Å². The van der Waals surface area contributed by atoms with Crippen LogP contribution in [-0.4, -0.2) is 48.6 Å². The molecule has 0 saturated heterocycles. The second kappa shape index (κ2) is 9.65. The molecule has 10 heteroatoms. The lowest BCUT2D eigenvalue weighted by atomic mass is 10.1. The molecule has 0 atom stereocenters. The maximum atomic E-state index is 5.89. The molecule has 5 rings (SSSR count). The molecule has 0 aliphatic carbocycles. The maximum Gasteiger partial charge on any atom is 0.228 e. The molecule has 0 spiro atoms. The van der Waals surface area contributed by atoms with Gasteiger partial charge in [0.1, 0.15) is 11.6 Å². The van der Waals surface area contributed by atoms with Gasteiger partial charge in [0.05, 0.1) is 18.5 Å². The Hall–Kier alpha value is -4.47. The molecule has 3 N–H and O–H groups in total. The molecule has 0 radical (unpaired) electrons. The zero-order valence-electron chi connectivity index (χ0n) is 21.0. The average molecular weight is 483 g/mol. The van der Waals surface area contributed by atoms with E-state index in [1.54, 1.807) is 6.20 Å². The number of aromatic nitrogens is 7. The van der Waals surface area contributed by atoms with Crippen LogP contribution in [0.4, 0.5) is 17.6 Å². The lowest BCUT2D eigenvalue weighted by molar-refractivity contribution is 0.681. The fourth-order valence-corrected chi connectivity index (χ4v) is 4.20. The molecule has 0 bridgehead atoms. The zero-order chi connectivity index (χ0) is 25.2. The summed E-state index contributed by atoms with van der Waals surface area (Å²) in [6.07, 6.45) is 5.75. The SMILES string of the molecule is Cc1cc(N)nc(C)c1CNc1nc(N(C)C)nc2nn(Cc3ccc(Cn4cccn4)cc3)cc12. The first-order chi connectivity index (χ1) is 17.4. The van der Waals surface area contributed by atoms with E-state index < -0.39 is 0 Å². The van der Waals surface area contributed by atoms with Crippen molar-refractivity contribution in [3.05, 3.63) is 82.9 Å². The van der Waals surface area contributed by atoms with Crippen LogP contribution >= 0.6 is 0 Å². The van der Waals surface area contributed by atoms with Crippen molar-refractivity contribution < 1.29 is 0 Å². The Balaban J connectivity index is 1.39. The highest BCUT2D eigenvalue weighted by molar-refractivity contribution is 5.87. The number of pyridine rings is 1. The number of nitrogens with one attached hydrogen (secondary N) is 1. The molecule has 0 aliphatic heterocycles. The smallest absolute Gasteiger partial charge is 0.228 e. The fourth-order valence-electron chi connectivity index (χ4n) is 4.20. The minimum Gasteiger partial charge on any atom is -0.384 e. The van der Waals surface area contributed by atoms with Crippen LogP contribution in [0.25, 0.3) is 11.0 Å². The van der Waals surface area contributed by atoms with Gasteiger partial charge in [-0.05, 0) is 48.2 Å². The number of anilines is 3. The van der Waals surface area contributed by atoms with Gasteiger partial charge in [-0.1, -0.05) is 24.3 Å². The first-order valence-electron chi connectivity index (χ1n) is 11.8.